The molecule has 0 bridgehead atoms. The maximum absolute atomic E-state index is 13.2. The van der Waals surface area contributed by atoms with Crippen LogP contribution < -0.4 is 0 Å². The lowest BCUT2D eigenvalue weighted by atomic mass is 9.74. The first-order valence-electron chi connectivity index (χ1n) is 9.40. The van der Waals surface area contributed by atoms with E-state index in [9.17, 15) is 19.5 Å². The van der Waals surface area contributed by atoms with Crippen LogP contribution in [0.15, 0.2) is 77.1 Å². The molecule has 2 atom stereocenters. The van der Waals surface area contributed by atoms with Crippen molar-refractivity contribution in [2.24, 2.45) is 0 Å². The Hall–Kier alpha value is -3.31. The van der Waals surface area contributed by atoms with Gasteiger partial charge in [0, 0.05) is 17.6 Å². The second-order valence-electron chi connectivity index (χ2n) is 7.59. The lowest BCUT2D eigenvalue weighted by Gasteiger charge is -2.34. The van der Waals surface area contributed by atoms with Crippen LogP contribution in [0.4, 0.5) is 0 Å². The minimum atomic E-state index is -2.00. The summed E-state index contributed by atoms with van der Waals surface area (Å²) in [6.07, 6.45) is 3.66. The molecular weight excluding hydrogens is 368 g/mol. The standard InChI is InChI=1S/C24H20O5/c1-14-9-18-11-21(24(2,28)23(27)20(18)13-29-14)19(12-25)22(26)17-8-7-15-5-3-4-6-16(15)10-17/h3-8,10-14,28H,9H2,1-2H3/b21-19+. The van der Waals surface area contributed by atoms with E-state index in [0.717, 1.165) is 10.8 Å². The van der Waals surface area contributed by atoms with E-state index in [4.69, 9.17) is 4.74 Å². The zero-order valence-corrected chi connectivity index (χ0v) is 16.1. The van der Waals surface area contributed by atoms with Gasteiger partial charge in [-0.1, -0.05) is 42.5 Å². The van der Waals surface area contributed by atoms with E-state index in [-0.39, 0.29) is 22.8 Å². The fraction of sp³-hybridized carbons (Fsp3) is 0.208. The molecule has 5 heteroatoms. The van der Waals surface area contributed by atoms with Crippen molar-refractivity contribution in [2.45, 2.75) is 32.0 Å². The topological polar surface area (TPSA) is 80.7 Å². The predicted octanol–water partition coefficient (Wildman–Crippen LogP) is 3.47. The molecule has 0 radical (unpaired) electrons. The molecule has 1 N–H and O–H groups in total. The van der Waals surface area contributed by atoms with Gasteiger partial charge in [-0.3, -0.25) is 14.4 Å². The lowest BCUT2D eigenvalue weighted by molar-refractivity contribution is -0.128. The normalized spacial score (nSPS) is 25.5. The molecule has 2 aromatic carbocycles. The third-order valence-corrected chi connectivity index (χ3v) is 5.47. The summed E-state index contributed by atoms with van der Waals surface area (Å²) in [7, 11) is 0. The SMILES string of the molecule is CC1CC2=C/C(=C(/C=O)C(=O)c3ccc4ccccc4c3)C(C)(O)C(=O)C2=CO1. The Morgan fingerprint density at radius 2 is 1.93 bits per heavy atom. The number of ketones is 2. The summed E-state index contributed by atoms with van der Waals surface area (Å²) in [5, 5.41) is 12.7. The van der Waals surface area contributed by atoms with E-state index >= 15 is 0 Å². The first-order valence-corrected chi connectivity index (χ1v) is 9.40. The van der Waals surface area contributed by atoms with Crippen molar-refractivity contribution in [3.8, 4) is 0 Å². The number of hydrogen-bond donors (Lipinski definition) is 1. The highest BCUT2D eigenvalue weighted by atomic mass is 16.5. The van der Waals surface area contributed by atoms with Crippen LogP contribution in [0.1, 0.15) is 30.6 Å². The van der Waals surface area contributed by atoms with E-state index in [1.807, 2.05) is 31.2 Å². The van der Waals surface area contributed by atoms with Gasteiger partial charge < -0.3 is 9.84 Å². The number of allylic oxidation sites excluding steroid dienone is 1. The number of benzene rings is 2. The quantitative estimate of drug-likeness (QED) is 0.286. The molecule has 1 heterocycles. The zero-order chi connectivity index (χ0) is 20.8. The van der Waals surface area contributed by atoms with Crippen molar-refractivity contribution in [2.75, 3.05) is 0 Å². The van der Waals surface area contributed by atoms with Crippen LogP contribution in [-0.4, -0.2) is 34.7 Å². The highest BCUT2D eigenvalue weighted by Crippen LogP contribution is 2.38. The third-order valence-electron chi connectivity index (χ3n) is 5.47. The summed E-state index contributed by atoms with van der Waals surface area (Å²) >= 11 is 0. The number of carbonyl (C=O) groups excluding carboxylic acids is 3. The molecule has 2 unspecified atom stereocenters. The van der Waals surface area contributed by atoms with Crippen LogP contribution in [0.25, 0.3) is 10.8 Å². The van der Waals surface area contributed by atoms with Gasteiger partial charge in [0.1, 0.15) is 0 Å². The Morgan fingerprint density at radius 3 is 2.66 bits per heavy atom. The largest absolute Gasteiger partial charge is 0.497 e. The number of Topliss-reactive ketones (excluding diaryl/α,β-unsaturated/α-hetero) is 2. The van der Waals surface area contributed by atoms with Gasteiger partial charge in [-0.2, -0.15) is 0 Å². The fourth-order valence-electron chi connectivity index (χ4n) is 3.83. The van der Waals surface area contributed by atoms with Crippen molar-refractivity contribution in [1.29, 1.82) is 0 Å². The highest BCUT2D eigenvalue weighted by molar-refractivity contribution is 6.23. The maximum atomic E-state index is 13.2. The van der Waals surface area contributed by atoms with Crippen molar-refractivity contribution >= 4 is 28.6 Å². The lowest BCUT2D eigenvalue weighted by Crippen LogP contribution is -2.43. The van der Waals surface area contributed by atoms with Crippen LogP contribution in [0.3, 0.4) is 0 Å². The number of ether oxygens (including phenoxy) is 1. The van der Waals surface area contributed by atoms with Gasteiger partial charge in [-0.05, 0) is 36.3 Å². The summed E-state index contributed by atoms with van der Waals surface area (Å²) in [5.74, 6) is -1.11. The molecule has 0 amide bonds. The van der Waals surface area contributed by atoms with Gasteiger partial charge >= 0.3 is 0 Å². The first-order chi connectivity index (χ1) is 13.8. The summed E-state index contributed by atoms with van der Waals surface area (Å²) in [4.78, 5) is 37.9. The molecule has 1 aliphatic carbocycles. The summed E-state index contributed by atoms with van der Waals surface area (Å²) in [5.41, 5.74) is -0.939. The Balaban J connectivity index is 1.87. The summed E-state index contributed by atoms with van der Waals surface area (Å²) < 4.78 is 5.40. The molecule has 0 saturated carbocycles. The molecule has 1 aliphatic heterocycles. The molecule has 29 heavy (non-hydrogen) atoms. The molecule has 5 nitrogen and oxygen atoms in total. The van der Waals surface area contributed by atoms with Gasteiger partial charge in [0.25, 0.3) is 0 Å². The van der Waals surface area contributed by atoms with E-state index < -0.39 is 17.2 Å². The van der Waals surface area contributed by atoms with Crippen molar-refractivity contribution in [3.05, 3.63) is 82.7 Å². The summed E-state index contributed by atoms with van der Waals surface area (Å²) in [6, 6.07) is 12.7. The van der Waals surface area contributed by atoms with Crippen molar-refractivity contribution in [3.63, 3.8) is 0 Å². The van der Waals surface area contributed by atoms with E-state index in [0.29, 0.717) is 23.8 Å². The van der Waals surface area contributed by atoms with Crippen LogP contribution in [0.5, 0.6) is 0 Å². The van der Waals surface area contributed by atoms with Crippen molar-refractivity contribution < 1.29 is 24.2 Å². The minimum Gasteiger partial charge on any atom is -0.497 e. The molecule has 146 valence electrons. The van der Waals surface area contributed by atoms with Crippen LogP contribution >= 0.6 is 0 Å². The highest BCUT2D eigenvalue weighted by Gasteiger charge is 2.44. The average molecular weight is 388 g/mol. The molecule has 2 aromatic rings. The molecule has 4 rings (SSSR count). The number of rotatable bonds is 3. The number of carbonyl (C=O) groups is 3. The molecule has 0 spiro atoms. The minimum absolute atomic E-state index is 0.0249. The monoisotopic (exact) mass is 388 g/mol. The van der Waals surface area contributed by atoms with Gasteiger partial charge in [0.2, 0.25) is 5.78 Å². The van der Waals surface area contributed by atoms with Crippen LogP contribution in [0.2, 0.25) is 0 Å². The molecule has 0 fully saturated rings. The Labute approximate surface area is 168 Å². The zero-order valence-electron chi connectivity index (χ0n) is 16.1. The van der Waals surface area contributed by atoms with Gasteiger partial charge in [0.15, 0.2) is 17.7 Å². The second kappa shape index (κ2) is 6.94. The number of aliphatic hydroxyl groups is 1. The third kappa shape index (κ3) is 3.13. The van der Waals surface area contributed by atoms with E-state index in [1.165, 1.54) is 13.2 Å². The fourth-order valence-corrected chi connectivity index (χ4v) is 3.83. The van der Waals surface area contributed by atoms with Gasteiger partial charge in [-0.15, -0.1) is 0 Å². The smallest absolute Gasteiger partial charge is 0.201 e. The van der Waals surface area contributed by atoms with Gasteiger partial charge in [-0.25, -0.2) is 0 Å². The second-order valence-corrected chi connectivity index (χ2v) is 7.59. The molecular formula is C24H20O5. The predicted molar refractivity (Wildman–Crippen MR) is 108 cm³/mol. The van der Waals surface area contributed by atoms with E-state index in [1.54, 1.807) is 24.3 Å². The number of fused-ring (bicyclic) bond motifs is 2. The number of hydrogen-bond acceptors (Lipinski definition) is 5. The Kier molecular flexibility index (Phi) is 4.55. The Morgan fingerprint density at radius 1 is 1.21 bits per heavy atom. The van der Waals surface area contributed by atoms with E-state index in [2.05, 4.69) is 0 Å². The van der Waals surface area contributed by atoms with Crippen LogP contribution in [0, 0.1) is 0 Å². The average Bonchev–Trinajstić information content (AvgIpc) is 2.71. The Bertz CT molecular complexity index is 1150. The van der Waals surface area contributed by atoms with Crippen molar-refractivity contribution in [1.82, 2.24) is 0 Å². The van der Waals surface area contributed by atoms with Crippen LogP contribution in [-0.2, 0) is 14.3 Å². The summed E-state index contributed by atoms with van der Waals surface area (Å²) in [6.45, 7) is 3.16. The molecule has 0 aromatic heterocycles. The number of aldehydes is 1. The van der Waals surface area contributed by atoms with Gasteiger partial charge in [0.05, 0.1) is 23.5 Å². The maximum Gasteiger partial charge on any atom is 0.201 e. The first kappa shape index (κ1) is 19.0. The molecule has 0 saturated heterocycles. The molecule has 2 aliphatic rings.